The molecule has 1 unspecified atom stereocenters. The van der Waals surface area contributed by atoms with Gasteiger partial charge in [-0.05, 0) is 18.4 Å². The summed E-state index contributed by atoms with van der Waals surface area (Å²) in [5.74, 6) is 0. The molecule has 1 atom stereocenters. The first kappa shape index (κ1) is 10.5. The number of hydrogen-bond acceptors (Lipinski definition) is 2. The Morgan fingerprint density at radius 2 is 2.12 bits per heavy atom. The molecule has 1 fully saturated rings. The molecule has 3 nitrogen and oxygen atoms in total. The normalized spacial score (nSPS) is 16.9. The van der Waals surface area contributed by atoms with Gasteiger partial charge in [-0.3, -0.25) is 0 Å². The van der Waals surface area contributed by atoms with Crippen molar-refractivity contribution in [3.63, 3.8) is 0 Å². The molecule has 2 aromatic rings. The Morgan fingerprint density at radius 1 is 1.29 bits per heavy atom. The summed E-state index contributed by atoms with van der Waals surface area (Å²) in [4.78, 5) is 4.15. The number of imidazole rings is 1. The minimum absolute atomic E-state index is 0.347. The van der Waals surface area contributed by atoms with Crippen LogP contribution in [0.5, 0.6) is 0 Å². The van der Waals surface area contributed by atoms with Gasteiger partial charge in [0.2, 0.25) is 0 Å². The molecule has 1 aromatic heterocycles. The molecular formula is C14H17N3. The first-order valence-corrected chi connectivity index (χ1v) is 6.19. The van der Waals surface area contributed by atoms with E-state index in [1.807, 2.05) is 18.7 Å². The van der Waals surface area contributed by atoms with E-state index in [0.717, 1.165) is 12.6 Å². The summed E-state index contributed by atoms with van der Waals surface area (Å²) in [7, 11) is 0. The van der Waals surface area contributed by atoms with E-state index < -0.39 is 0 Å². The summed E-state index contributed by atoms with van der Waals surface area (Å²) < 4.78 is 2.17. The van der Waals surface area contributed by atoms with Gasteiger partial charge in [0.1, 0.15) is 0 Å². The van der Waals surface area contributed by atoms with Crippen molar-refractivity contribution >= 4 is 0 Å². The van der Waals surface area contributed by atoms with Gasteiger partial charge in [0.05, 0.1) is 12.4 Å². The van der Waals surface area contributed by atoms with E-state index in [4.69, 9.17) is 0 Å². The molecule has 3 heteroatoms. The van der Waals surface area contributed by atoms with Crippen LogP contribution in [0.25, 0.3) is 0 Å². The molecule has 17 heavy (non-hydrogen) atoms. The average Bonchev–Trinajstić information content (AvgIpc) is 3.04. The number of hydrogen-bond donors (Lipinski definition) is 1. The summed E-state index contributed by atoms with van der Waals surface area (Å²) in [5.41, 5.74) is 1.33. The van der Waals surface area contributed by atoms with Gasteiger partial charge < -0.3 is 9.88 Å². The number of aromatic nitrogens is 2. The maximum atomic E-state index is 4.15. The molecule has 88 valence electrons. The molecule has 0 bridgehead atoms. The second-order valence-electron chi connectivity index (χ2n) is 4.62. The lowest BCUT2D eigenvalue weighted by atomic mass is 10.1. The van der Waals surface area contributed by atoms with E-state index in [1.54, 1.807) is 0 Å². The molecule has 1 heterocycles. The number of benzene rings is 1. The van der Waals surface area contributed by atoms with Crippen LogP contribution in [-0.2, 0) is 0 Å². The predicted molar refractivity (Wildman–Crippen MR) is 67.8 cm³/mol. The molecule has 1 aliphatic carbocycles. The molecule has 0 aliphatic heterocycles. The summed E-state index contributed by atoms with van der Waals surface area (Å²) in [6, 6.07) is 11.7. The Balaban J connectivity index is 1.80. The highest BCUT2D eigenvalue weighted by Crippen LogP contribution is 2.22. The van der Waals surface area contributed by atoms with Crippen LogP contribution in [0.1, 0.15) is 24.4 Å². The van der Waals surface area contributed by atoms with Crippen LogP contribution in [0.3, 0.4) is 0 Å². The Labute approximate surface area is 101 Å². The zero-order chi connectivity index (χ0) is 11.5. The van der Waals surface area contributed by atoms with Gasteiger partial charge >= 0.3 is 0 Å². The largest absolute Gasteiger partial charge is 0.329 e. The zero-order valence-corrected chi connectivity index (χ0v) is 9.79. The van der Waals surface area contributed by atoms with E-state index in [1.165, 1.54) is 18.4 Å². The second kappa shape index (κ2) is 4.72. The molecule has 3 rings (SSSR count). The number of rotatable bonds is 5. The van der Waals surface area contributed by atoms with Crippen LogP contribution in [0.15, 0.2) is 49.1 Å². The third-order valence-corrected chi connectivity index (χ3v) is 3.25. The Morgan fingerprint density at radius 3 is 2.76 bits per heavy atom. The summed E-state index contributed by atoms with van der Waals surface area (Å²) >= 11 is 0. The van der Waals surface area contributed by atoms with Gasteiger partial charge in [-0.25, -0.2) is 4.98 Å². The lowest BCUT2D eigenvalue weighted by molar-refractivity contribution is 0.519. The van der Waals surface area contributed by atoms with Crippen molar-refractivity contribution in [2.24, 2.45) is 0 Å². The highest BCUT2D eigenvalue weighted by Gasteiger charge is 2.22. The maximum Gasteiger partial charge on any atom is 0.0952 e. The quantitative estimate of drug-likeness (QED) is 0.849. The SMILES string of the molecule is c1ccc(C(CNC2CC2)n2ccnc2)cc1. The summed E-state index contributed by atoms with van der Waals surface area (Å²) in [5, 5.41) is 3.59. The van der Waals surface area contributed by atoms with Crippen molar-refractivity contribution in [3.8, 4) is 0 Å². The molecular weight excluding hydrogens is 210 g/mol. The van der Waals surface area contributed by atoms with Gasteiger partial charge in [-0.2, -0.15) is 0 Å². The second-order valence-corrected chi connectivity index (χ2v) is 4.62. The van der Waals surface area contributed by atoms with E-state index in [0.29, 0.717) is 6.04 Å². The smallest absolute Gasteiger partial charge is 0.0952 e. The van der Waals surface area contributed by atoms with Gasteiger partial charge in [-0.15, -0.1) is 0 Å². The van der Waals surface area contributed by atoms with Crippen LogP contribution in [0.2, 0.25) is 0 Å². The Kier molecular flexibility index (Phi) is 2.92. The lowest BCUT2D eigenvalue weighted by Gasteiger charge is -2.19. The summed E-state index contributed by atoms with van der Waals surface area (Å²) in [6.07, 6.45) is 8.42. The summed E-state index contributed by atoms with van der Waals surface area (Å²) in [6.45, 7) is 0.977. The fraction of sp³-hybridized carbons (Fsp3) is 0.357. The molecule has 0 saturated heterocycles. The minimum atomic E-state index is 0.347. The first-order chi connectivity index (χ1) is 8.43. The molecule has 1 N–H and O–H groups in total. The lowest BCUT2D eigenvalue weighted by Crippen LogP contribution is -2.27. The molecule has 0 radical (unpaired) electrons. The molecule has 0 amide bonds. The topological polar surface area (TPSA) is 29.9 Å². The van der Waals surface area contributed by atoms with Crippen molar-refractivity contribution < 1.29 is 0 Å². The third kappa shape index (κ3) is 2.56. The van der Waals surface area contributed by atoms with E-state index >= 15 is 0 Å². The minimum Gasteiger partial charge on any atom is -0.329 e. The highest BCUT2D eigenvalue weighted by molar-refractivity contribution is 5.20. The fourth-order valence-corrected chi connectivity index (χ4v) is 2.09. The van der Waals surface area contributed by atoms with Crippen LogP contribution in [0.4, 0.5) is 0 Å². The van der Waals surface area contributed by atoms with Gasteiger partial charge in [-0.1, -0.05) is 30.3 Å². The first-order valence-electron chi connectivity index (χ1n) is 6.19. The van der Waals surface area contributed by atoms with Crippen molar-refractivity contribution in [2.75, 3.05) is 6.54 Å². The van der Waals surface area contributed by atoms with Crippen molar-refractivity contribution in [2.45, 2.75) is 24.9 Å². The average molecular weight is 227 g/mol. The molecule has 1 aromatic carbocycles. The maximum absolute atomic E-state index is 4.15. The zero-order valence-electron chi connectivity index (χ0n) is 9.79. The number of nitrogens with one attached hydrogen (secondary N) is 1. The van der Waals surface area contributed by atoms with Crippen LogP contribution in [0, 0.1) is 0 Å². The number of nitrogens with zero attached hydrogens (tertiary/aromatic N) is 2. The van der Waals surface area contributed by atoms with Crippen molar-refractivity contribution in [1.29, 1.82) is 0 Å². The van der Waals surface area contributed by atoms with E-state index in [9.17, 15) is 0 Å². The van der Waals surface area contributed by atoms with Gasteiger partial charge in [0, 0.05) is 25.0 Å². The van der Waals surface area contributed by atoms with Gasteiger partial charge in [0.25, 0.3) is 0 Å². The van der Waals surface area contributed by atoms with Crippen LogP contribution >= 0.6 is 0 Å². The Hall–Kier alpha value is -1.61. The van der Waals surface area contributed by atoms with Crippen molar-refractivity contribution in [3.05, 3.63) is 54.6 Å². The third-order valence-electron chi connectivity index (χ3n) is 3.25. The fourth-order valence-electron chi connectivity index (χ4n) is 2.09. The Bertz CT molecular complexity index is 446. The van der Waals surface area contributed by atoms with Crippen LogP contribution < -0.4 is 5.32 Å². The highest BCUT2D eigenvalue weighted by atomic mass is 15.1. The monoisotopic (exact) mass is 227 g/mol. The molecule has 0 spiro atoms. The molecule has 1 aliphatic rings. The van der Waals surface area contributed by atoms with Gasteiger partial charge in [0.15, 0.2) is 0 Å². The van der Waals surface area contributed by atoms with E-state index in [2.05, 4.69) is 45.2 Å². The molecule has 1 saturated carbocycles. The van der Waals surface area contributed by atoms with Crippen LogP contribution in [-0.4, -0.2) is 22.1 Å². The van der Waals surface area contributed by atoms with E-state index in [-0.39, 0.29) is 0 Å². The predicted octanol–water partition coefficient (Wildman–Crippen LogP) is 2.22. The standard InChI is InChI=1S/C14H17N3/c1-2-4-12(5-3-1)14(10-16-13-6-7-13)17-9-8-15-11-17/h1-5,8-9,11,13-14,16H,6-7,10H2. The van der Waals surface area contributed by atoms with Crippen molar-refractivity contribution in [1.82, 2.24) is 14.9 Å².